The molecular weight excluding hydrogens is 710 g/mol. The van der Waals surface area contributed by atoms with Gasteiger partial charge in [0.25, 0.3) is 0 Å². The van der Waals surface area contributed by atoms with Crippen LogP contribution in [0.4, 0.5) is 5.69 Å². The minimum atomic E-state index is -2.77. The van der Waals surface area contributed by atoms with E-state index in [9.17, 15) is 0 Å². The van der Waals surface area contributed by atoms with Crippen molar-refractivity contribution in [2.45, 2.75) is 44.2 Å². The normalized spacial score (nSPS) is 20.4. The van der Waals surface area contributed by atoms with Gasteiger partial charge in [-0.3, -0.25) is 4.57 Å². The molecular formula is C48H40ClN5Si. The summed E-state index contributed by atoms with van der Waals surface area (Å²) in [6.07, 6.45) is 6.73. The van der Waals surface area contributed by atoms with Crippen molar-refractivity contribution in [1.82, 2.24) is 19.5 Å². The molecule has 12 rings (SSSR count). The number of piperidine rings is 2. The van der Waals surface area contributed by atoms with Crippen LogP contribution in [0.5, 0.6) is 0 Å². The van der Waals surface area contributed by atoms with Gasteiger partial charge in [-0.25, -0.2) is 0 Å². The molecule has 268 valence electrons. The highest BCUT2D eigenvalue weighted by molar-refractivity contribution is 7.19. The summed E-state index contributed by atoms with van der Waals surface area (Å²) >= 11 is 6.90. The standard InChI is InChI=1S/C48H40ClN5Si/c49-47-50-46(34-13-12-20-41(30-34)55(38-14-4-1-5-15-38,39-16-6-2-7-17-39)40-18-8-3-9-19-40)51-48(52-47)54-44-22-11-10-21-42(44)43-24-23-35(31-45(43)54)53-36-26-32-25-33(28-36)29-37(53)27-32/h1-24,30-33,36-37H,25-29H2. The van der Waals surface area contributed by atoms with E-state index in [1.165, 1.54) is 69.3 Å². The Bertz CT molecular complexity index is 2570. The number of anilines is 1. The molecule has 2 saturated carbocycles. The zero-order valence-corrected chi connectivity index (χ0v) is 32.2. The van der Waals surface area contributed by atoms with Crippen molar-refractivity contribution in [2.24, 2.45) is 11.8 Å². The van der Waals surface area contributed by atoms with Crippen molar-refractivity contribution < 1.29 is 0 Å². The first kappa shape index (κ1) is 32.8. The van der Waals surface area contributed by atoms with Gasteiger partial charge in [-0.2, -0.15) is 15.0 Å². The molecule has 4 bridgehead atoms. The first-order chi connectivity index (χ1) is 27.1. The second kappa shape index (κ2) is 13.0. The van der Waals surface area contributed by atoms with Crippen LogP contribution in [0.1, 0.15) is 32.1 Å². The Hall–Kier alpha value is -5.56. The first-order valence-corrected chi connectivity index (χ1v) is 22.0. The first-order valence-electron chi connectivity index (χ1n) is 19.6. The summed E-state index contributed by atoms with van der Waals surface area (Å²) in [6, 6.07) is 58.6. The van der Waals surface area contributed by atoms with Gasteiger partial charge in [-0.15, -0.1) is 0 Å². The van der Waals surface area contributed by atoms with E-state index in [1.54, 1.807) is 0 Å². The molecule has 4 fully saturated rings. The minimum Gasteiger partial charge on any atom is -0.365 e. The third-order valence-electron chi connectivity index (χ3n) is 12.8. The number of hydrogen-bond acceptors (Lipinski definition) is 4. The molecule has 2 aromatic heterocycles. The molecule has 4 aliphatic rings. The van der Waals surface area contributed by atoms with Gasteiger partial charge in [-0.1, -0.05) is 140 Å². The average molecular weight is 750 g/mol. The summed E-state index contributed by atoms with van der Waals surface area (Å²) in [5.41, 5.74) is 4.37. The van der Waals surface area contributed by atoms with Crippen LogP contribution < -0.4 is 25.6 Å². The zero-order valence-electron chi connectivity index (χ0n) is 30.5. The summed E-state index contributed by atoms with van der Waals surface area (Å²) < 4.78 is 2.20. The second-order valence-corrected chi connectivity index (χ2v) is 20.0. The van der Waals surface area contributed by atoms with E-state index in [-0.39, 0.29) is 5.28 Å². The third kappa shape index (κ3) is 5.30. The molecule has 5 nitrogen and oxygen atoms in total. The molecule has 6 aromatic carbocycles. The number of halogens is 1. The topological polar surface area (TPSA) is 46.8 Å². The van der Waals surface area contributed by atoms with Crippen molar-refractivity contribution in [3.63, 3.8) is 0 Å². The maximum atomic E-state index is 6.90. The number of rotatable bonds is 7. The number of hydrogen-bond donors (Lipinski definition) is 0. The van der Waals surface area contributed by atoms with Crippen LogP contribution in [-0.4, -0.2) is 39.7 Å². The lowest BCUT2D eigenvalue weighted by atomic mass is 9.63. The fourth-order valence-electron chi connectivity index (χ4n) is 10.8. The van der Waals surface area contributed by atoms with Crippen LogP contribution in [0.25, 0.3) is 39.1 Å². The van der Waals surface area contributed by atoms with Crippen LogP contribution >= 0.6 is 11.6 Å². The smallest absolute Gasteiger partial charge is 0.239 e. The molecule has 0 unspecified atom stereocenters. The van der Waals surface area contributed by atoms with E-state index in [0.29, 0.717) is 23.9 Å². The predicted molar refractivity (Wildman–Crippen MR) is 228 cm³/mol. The van der Waals surface area contributed by atoms with Crippen LogP contribution in [0.3, 0.4) is 0 Å². The molecule has 0 N–H and O–H groups in total. The maximum Gasteiger partial charge on any atom is 0.239 e. The van der Waals surface area contributed by atoms with Crippen molar-refractivity contribution in [1.29, 1.82) is 0 Å². The van der Waals surface area contributed by atoms with Gasteiger partial charge in [0.05, 0.1) is 11.0 Å². The Morgan fingerprint density at radius 1 is 0.491 bits per heavy atom. The molecule has 0 spiro atoms. The zero-order chi connectivity index (χ0) is 36.5. The van der Waals surface area contributed by atoms with E-state index in [0.717, 1.165) is 28.4 Å². The Morgan fingerprint density at radius 3 is 1.69 bits per heavy atom. The van der Waals surface area contributed by atoms with Gasteiger partial charge in [0.1, 0.15) is 0 Å². The number of fused-ring (bicyclic) bond motifs is 3. The fourth-order valence-corrected chi connectivity index (χ4v) is 15.8. The lowest BCUT2D eigenvalue weighted by molar-refractivity contribution is 0.0900. The van der Waals surface area contributed by atoms with Crippen LogP contribution in [0, 0.1) is 11.8 Å². The number of benzene rings is 6. The maximum absolute atomic E-state index is 6.90. The van der Waals surface area contributed by atoms with Crippen molar-refractivity contribution in [3.05, 3.63) is 163 Å². The van der Waals surface area contributed by atoms with Gasteiger partial charge in [0.2, 0.25) is 11.2 Å². The van der Waals surface area contributed by atoms with E-state index in [2.05, 4.69) is 167 Å². The minimum absolute atomic E-state index is 0.176. The molecule has 2 saturated heterocycles. The Balaban J connectivity index is 1.08. The van der Waals surface area contributed by atoms with Crippen molar-refractivity contribution in [2.75, 3.05) is 4.90 Å². The lowest BCUT2D eigenvalue weighted by Crippen LogP contribution is -2.74. The van der Waals surface area contributed by atoms with Gasteiger partial charge < -0.3 is 4.90 Å². The predicted octanol–water partition coefficient (Wildman–Crippen LogP) is 8.43. The highest BCUT2D eigenvalue weighted by atomic mass is 35.5. The largest absolute Gasteiger partial charge is 0.365 e. The van der Waals surface area contributed by atoms with Gasteiger partial charge >= 0.3 is 0 Å². The lowest BCUT2D eigenvalue weighted by Gasteiger charge is -2.57. The quantitative estimate of drug-likeness (QED) is 0.121. The molecule has 0 radical (unpaired) electrons. The molecule has 0 atom stereocenters. The van der Waals surface area contributed by atoms with E-state index < -0.39 is 8.07 Å². The molecule has 2 aliphatic carbocycles. The summed E-state index contributed by atoms with van der Waals surface area (Å²) in [5, 5.41) is 7.73. The van der Waals surface area contributed by atoms with Crippen molar-refractivity contribution >= 4 is 67.9 Å². The molecule has 2 aliphatic heterocycles. The van der Waals surface area contributed by atoms with Gasteiger partial charge in [0, 0.05) is 34.1 Å². The summed E-state index contributed by atoms with van der Waals surface area (Å²) in [6.45, 7) is 0. The van der Waals surface area contributed by atoms with Crippen LogP contribution in [0.15, 0.2) is 158 Å². The molecule has 4 heterocycles. The number of nitrogens with zero attached hydrogens (tertiary/aromatic N) is 5. The van der Waals surface area contributed by atoms with Crippen LogP contribution in [-0.2, 0) is 0 Å². The van der Waals surface area contributed by atoms with E-state index in [1.807, 2.05) is 0 Å². The summed E-state index contributed by atoms with van der Waals surface area (Å²) in [4.78, 5) is 17.6. The molecule has 55 heavy (non-hydrogen) atoms. The summed E-state index contributed by atoms with van der Waals surface area (Å²) in [5.74, 6) is 2.89. The Labute approximate surface area is 327 Å². The second-order valence-electron chi connectivity index (χ2n) is 15.8. The highest BCUT2D eigenvalue weighted by Gasteiger charge is 2.47. The monoisotopic (exact) mass is 749 g/mol. The molecule has 8 aromatic rings. The summed E-state index contributed by atoms with van der Waals surface area (Å²) in [7, 11) is -2.77. The Morgan fingerprint density at radius 2 is 1.05 bits per heavy atom. The highest BCUT2D eigenvalue weighted by Crippen LogP contribution is 2.51. The van der Waals surface area contributed by atoms with Crippen molar-refractivity contribution in [3.8, 4) is 17.3 Å². The molecule has 0 amide bonds. The number of aromatic nitrogens is 4. The molecule has 7 heteroatoms. The fraction of sp³-hybridized carbons (Fsp3) is 0.188. The van der Waals surface area contributed by atoms with E-state index in [4.69, 9.17) is 26.6 Å². The number of para-hydroxylation sites is 1. The van der Waals surface area contributed by atoms with Gasteiger partial charge in [-0.05, 0) is 94.5 Å². The van der Waals surface area contributed by atoms with Gasteiger partial charge in [0.15, 0.2) is 13.9 Å². The van der Waals surface area contributed by atoms with Crippen LogP contribution in [0.2, 0.25) is 5.28 Å². The third-order valence-corrected chi connectivity index (χ3v) is 17.7. The Kier molecular flexibility index (Phi) is 7.78. The average Bonchev–Trinajstić information content (AvgIpc) is 3.56. The SMILES string of the molecule is Clc1nc(-c2cccc([Si](c3ccccc3)(c3ccccc3)c3ccccc3)c2)nc(-n2c3ccccc3c3ccc(N4C5CC6CC(C5)CC4C6)cc32)n1. The van der Waals surface area contributed by atoms with E-state index >= 15 is 0 Å².